The number of carbonyl (C=O) groups excluding carboxylic acids is 1. The smallest absolute Gasteiger partial charge is 0.269 e. The van der Waals surface area contributed by atoms with Crippen LogP contribution in [0.25, 0.3) is 0 Å². The number of benzene rings is 2. The minimum absolute atomic E-state index is 0.0376. The van der Waals surface area contributed by atoms with E-state index in [-0.39, 0.29) is 11.5 Å². The molecule has 1 N–H and O–H groups in total. The van der Waals surface area contributed by atoms with Crippen LogP contribution in [0.3, 0.4) is 0 Å². The van der Waals surface area contributed by atoms with Crippen LogP contribution < -0.4 is 24.8 Å². The predicted octanol–water partition coefficient (Wildman–Crippen LogP) is 3.29. The number of rotatable bonds is 8. The van der Waals surface area contributed by atoms with Crippen LogP contribution in [-0.2, 0) is 13.1 Å². The largest absolute Gasteiger partial charge is 0.490 e. The Bertz CT molecular complexity index is 1720. The van der Waals surface area contributed by atoms with Gasteiger partial charge in [0.2, 0.25) is 0 Å². The lowest BCUT2D eigenvalue weighted by Crippen LogP contribution is -2.49. The zero-order valence-electron chi connectivity index (χ0n) is 23.8. The summed E-state index contributed by atoms with van der Waals surface area (Å²) in [6, 6.07) is 18.9. The number of aromatic nitrogens is 3. The number of carbonyl (C=O) groups is 1. The lowest BCUT2D eigenvalue weighted by Gasteiger charge is -2.35. The van der Waals surface area contributed by atoms with Crippen LogP contribution in [0, 0.1) is 18.3 Å². The Balaban J connectivity index is 1.00. The summed E-state index contributed by atoms with van der Waals surface area (Å²) in [7, 11) is 0. The van der Waals surface area contributed by atoms with Crippen LogP contribution in [-0.4, -0.2) is 65.4 Å². The first-order chi connectivity index (χ1) is 21.0. The van der Waals surface area contributed by atoms with Gasteiger partial charge in [0.25, 0.3) is 11.5 Å². The fourth-order valence-corrected chi connectivity index (χ4v) is 5.46. The lowest BCUT2D eigenvalue weighted by atomic mass is 10.1. The number of hydrogen-bond donors (Lipinski definition) is 1. The molecule has 1 saturated heterocycles. The Kier molecular flexibility index (Phi) is 7.91. The Labute approximate surface area is 248 Å². The third-order valence-electron chi connectivity index (χ3n) is 7.82. The molecule has 1 fully saturated rings. The molecule has 2 aromatic carbocycles. The number of H-pyrrole nitrogens is 1. The van der Waals surface area contributed by atoms with E-state index < -0.39 is 0 Å². The van der Waals surface area contributed by atoms with Gasteiger partial charge in [-0.25, -0.2) is 10.1 Å². The topological polar surface area (TPSA) is 128 Å². The number of hydrogen-bond acceptors (Lipinski definition) is 9. The number of aromatic amines is 1. The third-order valence-corrected chi connectivity index (χ3v) is 7.82. The summed E-state index contributed by atoms with van der Waals surface area (Å²) in [6.07, 6.45) is 3.25. The van der Waals surface area contributed by atoms with Crippen LogP contribution in [0.1, 0.15) is 32.6 Å². The van der Waals surface area contributed by atoms with Gasteiger partial charge in [0.05, 0.1) is 17.4 Å². The molecule has 2 aliphatic rings. The van der Waals surface area contributed by atoms with Gasteiger partial charge in [-0.3, -0.25) is 9.59 Å². The van der Waals surface area contributed by atoms with Gasteiger partial charge in [-0.2, -0.15) is 10.4 Å². The molecule has 11 nitrogen and oxygen atoms in total. The second-order valence-corrected chi connectivity index (χ2v) is 10.5. The second-order valence-electron chi connectivity index (χ2n) is 10.5. The van der Waals surface area contributed by atoms with Crippen molar-refractivity contribution >= 4 is 17.4 Å². The summed E-state index contributed by atoms with van der Waals surface area (Å²) in [4.78, 5) is 35.7. The molecular weight excluding hydrogens is 546 g/mol. The van der Waals surface area contributed by atoms with Crippen molar-refractivity contribution in [2.45, 2.75) is 20.0 Å². The average Bonchev–Trinajstić information content (AvgIpc) is 3.49. The van der Waals surface area contributed by atoms with Gasteiger partial charge in [0.15, 0.2) is 0 Å². The van der Waals surface area contributed by atoms with Crippen molar-refractivity contribution in [3.05, 3.63) is 105 Å². The van der Waals surface area contributed by atoms with Gasteiger partial charge in [-0.15, -0.1) is 0 Å². The molecular formula is C32H31N7O4. The van der Waals surface area contributed by atoms with E-state index in [1.54, 1.807) is 37.5 Å². The Hall–Kier alpha value is -5.37. The van der Waals surface area contributed by atoms with E-state index in [1.165, 1.54) is 0 Å². The molecule has 0 spiro atoms. The number of fused-ring (bicyclic) bond motifs is 1. The highest BCUT2D eigenvalue weighted by Gasteiger charge is 2.25. The number of pyridine rings is 1. The minimum Gasteiger partial charge on any atom is -0.490 e. The molecule has 2 aromatic heterocycles. The summed E-state index contributed by atoms with van der Waals surface area (Å²) in [5.41, 5.74) is 4.61. The zero-order valence-corrected chi connectivity index (χ0v) is 23.8. The molecule has 4 heterocycles. The van der Waals surface area contributed by atoms with Gasteiger partial charge < -0.3 is 24.2 Å². The van der Waals surface area contributed by atoms with E-state index in [0.29, 0.717) is 74.9 Å². The summed E-state index contributed by atoms with van der Waals surface area (Å²) < 4.78 is 12.1. The van der Waals surface area contributed by atoms with Gasteiger partial charge >= 0.3 is 0 Å². The van der Waals surface area contributed by atoms with Gasteiger partial charge in [0, 0.05) is 62.2 Å². The van der Waals surface area contributed by atoms with Crippen molar-refractivity contribution in [2.24, 2.45) is 0 Å². The lowest BCUT2D eigenvalue weighted by molar-refractivity contribution is 0.0746. The highest BCUT2D eigenvalue weighted by Crippen LogP contribution is 2.34. The molecule has 43 heavy (non-hydrogen) atoms. The fourth-order valence-electron chi connectivity index (χ4n) is 5.46. The number of amides is 1. The molecule has 0 saturated carbocycles. The van der Waals surface area contributed by atoms with Crippen LogP contribution in [0.2, 0.25) is 0 Å². The van der Waals surface area contributed by atoms with Gasteiger partial charge in [0.1, 0.15) is 36.6 Å². The maximum absolute atomic E-state index is 13.2. The number of nitriles is 1. The number of ether oxygens (including phenoxy) is 2. The van der Waals surface area contributed by atoms with Crippen molar-refractivity contribution in [1.29, 1.82) is 5.26 Å². The predicted molar refractivity (Wildman–Crippen MR) is 160 cm³/mol. The number of piperazine rings is 1. The van der Waals surface area contributed by atoms with E-state index in [2.05, 4.69) is 37.1 Å². The monoisotopic (exact) mass is 577 g/mol. The maximum Gasteiger partial charge on any atom is 0.269 e. The van der Waals surface area contributed by atoms with Crippen molar-refractivity contribution in [3.8, 4) is 17.6 Å². The first-order valence-corrected chi connectivity index (χ1v) is 14.2. The summed E-state index contributed by atoms with van der Waals surface area (Å²) in [5.74, 6) is 2.17. The highest BCUT2D eigenvalue weighted by molar-refractivity contribution is 5.94. The van der Waals surface area contributed by atoms with Crippen LogP contribution in [0.15, 0.2) is 71.8 Å². The summed E-state index contributed by atoms with van der Waals surface area (Å²) in [6.45, 7) is 6.25. The molecule has 0 aliphatic carbocycles. The summed E-state index contributed by atoms with van der Waals surface area (Å²) >= 11 is 0. The number of anilines is 2. The Morgan fingerprint density at radius 1 is 0.977 bits per heavy atom. The first kappa shape index (κ1) is 27.8. The Morgan fingerprint density at radius 2 is 1.79 bits per heavy atom. The molecule has 6 rings (SSSR count). The molecule has 0 bridgehead atoms. The molecule has 218 valence electrons. The van der Waals surface area contributed by atoms with Gasteiger partial charge in [-0.1, -0.05) is 18.2 Å². The van der Waals surface area contributed by atoms with E-state index in [0.717, 1.165) is 28.4 Å². The quantitative estimate of drug-likeness (QED) is 0.314. The third kappa shape index (κ3) is 5.99. The Morgan fingerprint density at radius 3 is 2.58 bits per heavy atom. The van der Waals surface area contributed by atoms with Gasteiger partial charge in [-0.05, 0) is 48.9 Å². The van der Waals surface area contributed by atoms with E-state index in [4.69, 9.17) is 14.7 Å². The van der Waals surface area contributed by atoms with Crippen LogP contribution in [0.4, 0.5) is 11.5 Å². The van der Waals surface area contributed by atoms with Crippen molar-refractivity contribution in [3.63, 3.8) is 0 Å². The average molecular weight is 578 g/mol. The van der Waals surface area contributed by atoms with Crippen molar-refractivity contribution in [1.82, 2.24) is 20.1 Å². The second kappa shape index (κ2) is 12.2. The molecule has 2 aliphatic heterocycles. The van der Waals surface area contributed by atoms with Crippen LogP contribution in [0.5, 0.6) is 11.5 Å². The van der Waals surface area contributed by atoms with E-state index in [1.807, 2.05) is 35.2 Å². The van der Waals surface area contributed by atoms with Crippen LogP contribution >= 0.6 is 0 Å². The fraction of sp³-hybridized carbons (Fsp3) is 0.281. The molecule has 4 aromatic rings. The highest BCUT2D eigenvalue weighted by atomic mass is 16.5. The maximum atomic E-state index is 13.2. The van der Waals surface area contributed by atoms with Crippen molar-refractivity contribution < 1.29 is 14.3 Å². The number of nitrogens with one attached hydrogen (secondary N) is 1. The normalized spacial score (nSPS) is 14.3. The zero-order chi connectivity index (χ0) is 29.8. The molecule has 1 amide bonds. The SMILES string of the molecule is Cc1c(N2Cc3cccc(OCCOc4cccc(C(=O)N5CCN(c6ccc(C#N)cn6)CC5)c4)c3C2)cn[nH]c1=O. The van der Waals surface area contributed by atoms with Crippen molar-refractivity contribution in [2.75, 3.05) is 49.2 Å². The molecule has 0 radical (unpaired) electrons. The molecule has 0 atom stereocenters. The molecule has 11 heteroatoms. The summed E-state index contributed by atoms with van der Waals surface area (Å²) in [5, 5.41) is 15.4. The first-order valence-electron chi connectivity index (χ1n) is 14.2. The number of nitrogens with zero attached hydrogens (tertiary/aromatic N) is 6. The standard InChI is InChI=1S/C32H31N7O4/c1-22-28(19-35-36-31(22)40)39-20-25-5-3-7-29(27(25)21-39)43-15-14-42-26-6-2-4-24(16-26)32(41)38-12-10-37(11-13-38)30-9-8-23(17-33)18-34-30/h2-9,16,18-19H,10-15,20-21H2,1H3,(H,36,40). The molecule has 0 unspecified atom stereocenters. The van der Waals surface area contributed by atoms with E-state index >= 15 is 0 Å². The minimum atomic E-state index is -0.187. The van der Waals surface area contributed by atoms with E-state index in [9.17, 15) is 9.59 Å².